The molecule has 50 heavy (non-hydrogen) atoms. The number of phosphoric acid groups is 1. The number of unbranched alkanes of at least 4 members (excludes halogenated alkanes) is 6. The second kappa shape index (κ2) is 36.4. The maximum Gasteiger partial charge on any atom is 0.472 e. The van der Waals surface area contributed by atoms with E-state index < -0.39 is 45.8 Å². The molecule has 9 nitrogen and oxygen atoms in total. The van der Waals surface area contributed by atoms with Crippen LogP contribution in [0.4, 0.5) is 0 Å². The molecule has 0 spiro atoms. The van der Waals surface area contributed by atoms with E-state index in [1.54, 1.807) is 0 Å². The van der Waals surface area contributed by atoms with E-state index in [1.807, 2.05) is 0 Å². The Morgan fingerprint density at radius 2 is 1.08 bits per heavy atom. The van der Waals surface area contributed by atoms with Crippen molar-refractivity contribution in [2.24, 2.45) is 0 Å². The van der Waals surface area contributed by atoms with Gasteiger partial charge in [-0.2, -0.15) is 0 Å². The Morgan fingerprint density at radius 3 is 1.62 bits per heavy atom. The molecule has 3 N–H and O–H groups in total. The number of carbonyl (C=O) groups is 1. The molecule has 0 aromatic heterocycles. The largest absolute Gasteiger partial charge is 0.472 e. The Hall–Kier alpha value is -2.36. The number of aliphatic hydroxyl groups excluding tert-OH is 2. The highest BCUT2D eigenvalue weighted by molar-refractivity contribution is 7.47. The minimum atomic E-state index is -4.54. The second-order valence-corrected chi connectivity index (χ2v) is 13.3. The molecule has 0 radical (unpaired) electrons. The number of hydrogen-bond donors (Lipinski definition) is 3. The molecule has 0 aromatic rings. The Kier molecular flexibility index (Phi) is 34.7. The number of allylic oxidation sites excluding steroid dienone is 14. The molecular formula is C40H67O9P. The van der Waals surface area contributed by atoms with Gasteiger partial charge in [-0.3, -0.25) is 13.8 Å². The van der Waals surface area contributed by atoms with Crippen LogP contribution in [-0.4, -0.2) is 66.3 Å². The van der Waals surface area contributed by atoms with Crippen LogP contribution in [0.15, 0.2) is 85.1 Å². The van der Waals surface area contributed by atoms with Gasteiger partial charge in [0.2, 0.25) is 0 Å². The van der Waals surface area contributed by atoms with Crippen molar-refractivity contribution in [1.82, 2.24) is 0 Å². The van der Waals surface area contributed by atoms with Gasteiger partial charge >= 0.3 is 13.8 Å². The van der Waals surface area contributed by atoms with Gasteiger partial charge in [0.15, 0.2) is 0 Å². The quantitative estimate of drug-likeness (QED) is 0.0257. The molecule has 0 fully saturated rings. The van der Waals surface area contributed by atoms with Crippen molar-refractivity contribution in [2.45, 2.75) is 129 Å². The number of ether oxygens (including phenoxy) is 2. The summed E-state index contributed by atoms with van der Waals surface area (Å²) < 4.78 is 33.1. The lowest BCUT2D eigenvalue weighted by Gasteiger charge is -2.20. The molecule has 0 saturated heterocycles. The lowest BCUT2D eigenvalue weighted by Crippen LogP contribution is -2.29. The molecule has 0 aromatic carbocycles. The van der Waals surface area contributed by atoms with Gasteiger partial charge in [-0.25, -0.2) is 4.57 Å². The van der Waals surface area contributed by atoms with E-state index in [0.717, 1.165) is 89.9 Å². The second-order valence-electron chi connectivity index (χ2n) is 11.8. The van der Waals surface area contributed by atoms with Crippen molar-refractivity contribution in [2.75, 3.05) is 33.0 Å². The smallest absolute Gasteiger partial charge is 0.457 e. The van der Waals surface area contributed by atoms with Gasteiger partial charge in [-0.15, -0.1) is 0 Å². The van der Waals surface area contributed by atoms with Crippen LogP contribution in [0.1, 0.15) is 117 Å². The summed E-state index contributed by atoms with van der Waals surface area (Å²) in [5.41, 5.74) is 0. The third-order valence-corrected chi connectivity index (χ3v) is 8.03. The number of carbonyl (C=O) groups excluding carboxylic acids is 1. The minimum Gasteiger partial charge on any atom is -0.457 e. The topological polar surface area (TPSA) is 132 Å². The van der Waals surface area contributed by atoms with Gasteiger partial charge in [-0.05, 0) is 77.0 Å². The van der Waals surface area contributed by atoms with Crippen LogP contribution in [-0.2, 0) is 27.9 Å². The molecule has 0 rings (SSSR count). The Bertz CT molecular complexity index is 1050. The van der Waals surface area contributed by atoms with Crippen molar-refractivity contribution in [3.63, 3.8) is 0 Å². The van der Waals surface area contributed by atoms with Gasteiger partial charge in [0.05, 0.1) is 26.4 Å². The maximum atomic E-state index is 12.5. The first kappa shape index (κ1) is 47.6. The average Bonchev–Trinajstić information content (AvgIpc) is 3.10. The summed E-state index contributed by atoms with van der Waals surface area (Å²) in [4.78, 5) is 22.5. The normalized spacial score (nSPS) is 15.2. The van der Waals surface area contributed by atoms with Gasteiger partial charge in [0, 0.05) is 13.0 Å². The number of esters is 1. The molecule has 10 heteroatoms. The van der Waals surface area contributed by atoms with Crippen molar-refractivity contribution < 1.29 is 43.0 Å². The zero-order valence-corrected chi connectivity index (χ0v) is 31.7. The summed E-state index contributed by atoms with van der Waals surface area (Å²) in [5.74, 6) is -0.424. The summed E-state index contributed by atoms with van der Waals surface area (Å²) in [5, 5.41) is 18.3. The Morgan fingerprint density at radius 1 is 0.620 bits per heavy atom. The zero-order valence-electron chi connectivity index (χ0n) is 30.8. The predicted molar refractivity (Wildman–Crippen MR) is 205 cm³/mol. The molecule has 0 bridgehead atoms. The summed E-state index contributed by atoms with van der Waals surface area (Å²) in [7, 11) is -4.54. The van der Waals surface area contributed by atoms with Crippen LogP contribution in [0.2, 0.25) is 0 Å². The molecule has 0 heterocycles. The first-order valence-corrected chi connectivity index (χ1v) is 20.1. The van der Waals surface area contributed by atoms with Gasteiger partial charge in [0.25, 0.3) is 0 Å². The maximum absolute atomic E-state index is 12.5. The first-order valence-electron chi connectivity index (χ1n) is 18.6. The summed E-state index contributed by atoms with van der Waals surface area (Å²) in [6.45, 7) is 3.07. The van der Waals surface area contributed by atoms with Gasteiger partial charge < -0.3 is 24.6 Å². The number of phosphoric ester groups is 1. The molecular weight excluding hydrogens is 655 g/mol. The minimum absolute atomic E-state index is 0.00156. The van der Waals surface area contributed by atoms with Crippen molar-refractivity contribution >= 4 is 13.8 Å². The van der Waals surface area contributed by atoms with E-state index in [1.165, 1.54) is 0 Å². The lowest BCUT2D eigenvalue weighted by molar-refractivity contribution is -0.154. The monoisotopic (exact) mass is 722 g/mol. The van der Waals surface area contributed by atoms with Gasteiger partial charge in [-0.1, -0.05) is 118 Å². The first-order chi connectivity index (χ1) is 24.3. The molecule has 0 aliphatic carbocycles. The van der Waals surface area contributed by atoms with E-state index in [0.29, 0.717) is 13.0 Å². The van der Waals surface area contributed by atoms with E-state index in [9.17, 15) is 19.4 Å². The Labute approximate surface area is 303 Å². The number of hydrogen-bond acceptors (Lipinski definition) is 8. The van der Waals surface area contributed by atoms with E-state index in [2.05, 4.69) is 98.9 Å². The molecule has 0 saturated carbocycles. The van der Waals surface area contributed by atoms with Crippen molar-refractivity contribution in [3.05, 3.63) is 85.1 Å². The van der Waals surface area contributed by atoms with Gasteiger partial charge in [0.1, 0.15) is 12.2 Å². The van der Waals surface area contributed by atoms with Crippen molar-refractivity contribution in [1.29, 1.82) is 0 Å². The fraction of sp³-hybridized carbons (Fsp3) is 0.625. The van der Waals surface area contributed by atoms with E-state index in [4.69, 9.17) is 23.6 Å². The van der Waals surface area contributed by atoms with E-state index >= 15 is 0 Å². The highest BCUT2D eigenvalue weighted by Gasteiger charge is 2.26. The summed E-state index contributed by atoms with van der Waals surface area (Å²) in [6.07, 6.45) is 42.7. The Balaban J connectivity index is 4.40. The van der Waals surface area contributed by atoms with Crippen LogP contribution in [0.5, 0.6) is 0 Å². The molecule has 3 atom stereocenters. The van der Waals surface area contributed by atoms with Crippen LogP contribution in [0.25, 0.3) is 0 Å². The molecule has 0 amide bonds. The molecule has 0 aliphatic heterocycles. The van der Waals surface area contributed by atoms with Crippen molar-refractivity contribution in [3.8, 4) is 0 Å². The molecule has 3 unspecified atom stereocenters. The van der Waals surface area contributed by atoms with Crippen LogP contribution in [0.3, 0.4) is 0 Å². The third kappa shape index (κ3) is 35.5. The average molecular weight is 723 g/mol. The summed E-state index contributed by atoms with van der Waals surface area (Å²) >= 11 is 0. The lowest BCUT2D eigenvalue weighted by atomic mass is 10.1. The molecule has 286 valence electrons. The van der Waals surface area contributed by atoms with Crippen LogP contribution >= 0.6 is 7.82 Å². The highest BCUT2D eigenvalue weighted by Crippen LogP contribution is 2.43. The SMILES string of the molecule is CC/C=C\C/C=C\C/C=C\C/C=C\CCCOCC(COP(=O)(O)OCC(O)CO)OC(=O)CCCCCCC/C=C\C/C=C\C/C=C\CC. The molecule has 0 aliphatic rings. The zero-order chi connectivity index (χ0) is 36.8. The fourth-order valence-electron chi connectivity index (χ4n) is 4.31. The van der Waals surface area contributed by atoms with Crippen LogP contribution < -0.4 is 0 Å². The van der Waals surface area contributed by atoms with E-state index in [-0.39, 0.29) is 13.0 Å². The summed E-state index contributed by atoms with van der Waals surface area (Å²) in [6, 6.07) is 0. The third-order valence-electron chi connectivity index (χ3n) is 7.08. The number of aliphatic hydroxyl groups is 2. The van der Waals surface area contributed by atoms with Crippen LogP contribution in [0, 0.1) is 0 Å². The number of rotatable bonds is 34. The predicted octanol–water partition coefficient (Wildman–Crippen LogP) is 9.58. The highest BCUT2D eigenvalue weighted by atomic mass is 31.2. The fourth-order valence-corrected chi connectivity index (χ4v) is 5.10. The standard InChI is InChI=1S/C40H67O9P/c1-3-5-7-9-11-13-15-17-19-20-22-24-26-28-30-32-40(43)49-39(37-48-50(44,45)47-35-38(42)34-41)36-46-33-31-29-27-25-23-21-18-16-14-12-10-8-6-4-2/h5-8,11-14,17-19,21,25,27,38-39,41-42H,3-4,9-10,15-16,20,22-24,26,28-37H2,1-2H3,(H,44,45)/b7-5-,8-6-,13-11-,14-12-,19-17-,21-18-,27-25-.